The van der Waals surface area contributed by atoms with Gasteiger partial charge in [-0.05, 0) is 32.0 Å². The van der Waals surface area contributed by atoms with Crippen LogP contribution < -0.4 is 4.90 Å². The predicted molar refractivity (Wildman–Crippen MR) is 100 cm³/mol. The van der Waals surface area contributed by atoms with Crippen LogP contribution >= 0.6 is 0 Å². The number of rotatable bonds is 2. The van der Waals surface area contributed by atoms with Crippen LogP contribution in [0.3, 0.4) is 0 Å². The van der Waals surface area contributed by atoms with Crippen molar-refractivity contribution in [2.45, 2.75) is 13.8 Å². The zero-order chi connectivity index (χ0) is 18.3. The van der Waals surface area contributed by atoms with Crippen molar-refractivity contribution in [3.63, 3.8) is 0 Å². The fourth-order valence-corrected chi connectivity index (χ4v) is 3.59. The smallest absolute Gasteiger partial charge is 0.254 e. The van der Waals surface area contributed by atoms with Crippen LogP contribution in [-0.2, 0) is 7.05 Å². The molecular formula is C19H22N6O. The zero-order valence-corrected chi connectivity index (χ0v) is 15.3. The molecule has 1 saturated heterocycles. The van der Waals surface area contributed by atoms with Gasteiger partial charge in [0.25, 0.3) is 5.91 Å². The number of nitrogens with zero attached hydrogens (tertiary/aromatic N) is 6. The van der Waals surface area contributed by atoms with E-state index >= 15 is 0 Å². The number of fused-ring (bicyclic) bond motifs is 1. The molecule has 0 bridgehead atoms. The van der Waals surface area contributed by atoms with Gasteiger partial charge in [0, 0.05) is 45.1 Å². The summed E-state index contributed by atoms with van der Waals surface area (Å²) in [6.07, 6.45) is 1.80. The van der Waals surface area contributed by atoms with E-state index in [0.29, 0.717) is 18.7 Å². The number of amides is 1. The topological polar surface area (TPSA) is 67.2 Å². The minimum atomic E-state index is 0.0530. The average molecular weight is 350 g/mol. The molecule has 0 unspecified atom stereocenters. The van der Waals surface area contributed by atoms with Crippen molar-refractivity contribution in [3.8, 4) is 0 Å². The second-order valence-corrected chi connectivity index (χ2v) is 6.69. The quantitative estimate of drug-likeness (QED) is 0.707. The van der Waals surface area contributed by atoms with E-state index in [1.54, 1.807) is 10.9 Å². The molecule has 4 heterocycles. The van der Waals surface area contributed by atoms with Crippen LogP contribution in [-0.4, -0.2) is 56.7 Å². The fourth-order valence-electron chi connectivity index (χ4n) is 3.59. The summed E-state index contributed by atoms with van der Waals surface area (Å²) in [5, 5.41) is 5.29. The van der Waals surface area contributed by atoms with Gasteiger partial charge in [0.05, 0.1) is 16.6 Å². The summed E-state index contributed by atoms with van der Waals surface area (Å²) in [7, 11) is 1.86. The van der Waals surface area contributed by atoms with Crippen LogP contribution in [0.1, 0.15) is 21.7 Å². The predicted octanol–water partition coefficient (Wildman–Crippen LogP) is 1.94. The summed E-state index contributed by atoms with van der Waals surface area (Å²) in [4.78, 5) is 26.3. The number of aromatic nitrogens is 4. The lowest BCUT2D eigenvalue weighted by Crippen LogP contribution is -2.49. The second kappa shape index (κ2) is 6.40. The third-order valence-electron chi connectivity index (χ3n) is 4.87. The average Bonchev–Trinajstić information content (AvgIpc) is 2.95. The van der Waals surface area contributed by atoms with Crippen LogP contribution in [0.4, 0.5) is 5.82 Å². The summed E-state index contributed by atoms with van der Waals surface area (Å²) >= 11 is 0. The normalized spacial score (nSPS) is 14.9. The standard InChI is InChI=1S/C19H22N6O/c1-13-12-15(17-14(2)22-23(3)18(17)21-13)19(26)25-10-8-24(9-11-25)16-6-4-5-7-20-16/h4-7,12H,8-11H2,1-3H3. The van der Waals surface area contributed by atoms with Gasteiger partial charge in [0.1, 0.15) is 5.82 Å². The Kier molecular flexibility index (Phi) is 4.06. The monoisotopic (exact) mass is 350 g/mol. The number of carbonyl (C=O) groups excluding carboxylic acids is 1. The van der Waals surface area contributed by atoms with Crippen molar-refractivity contribution < 1.29 is 4.79 Å². The molecule has 4 rings (SSSR count). The van der Waals surface area contributed by atoms with Crippen molar-refractivity contribution in [2.75, 3.05) is 31.1 Å². The van der Waals surface area contributed by atoms with Gasteiger partial charge >= 0.3 is 0 Å². The summed E-state index contributed by atoms with van der Waals surface area (Å²) in [6, 6.07) is 7.79. The minimum absolute atomic E-state index is 0.0530. The van der Waals surface area contributed by atoms with Crippen LogP contribution in [0.25, 0.3) is 11.0 Å². The minimum Gasteiger partial charge on any atom is -0.353 e. The summed E-state index contributed by atoms with van der Waals surface area (Å²) in [5.74, 6) is 1.02. The number of pyridine rings is 2. The highest BCUT2D eigenvalue weighted by Gasteiger charge is 2.26. The van der Waals surface area contributed by atoms with E-state index in [4.69, 9.17) is 0 Å². The SMILES string of the molecule is Cc1cc(C(=O)N2CCN(c3ccccn3)CC2)c2c(C)nn(C)c2n1. The molecule has 0 aromatic carbocycles. The lowest BCUT2D eigenvalue weighted by molar-refractivity contribution is 0.0748. The van der Waals surface area contributed by atoms with E-state index in [1.165, 1.54) is 0 Å². The van der Waals surface area contributed by atoms with E-state index in [2.05, 4.69) is 20.0 Å². The molecular weight excluding hydrogens is 328 g/mol. The molecule has 7 heteroatoms. The van der Waals surface area contributed by atoms with Gasteiger partial charge in [-0.25, -0.2) is 9.97 Å². The van der Waals surface area contributed by atoms with Crippen molar-refractivity contribution in [3.05, 3.63) is 47.4 Å². The molecule has 134 valence electrons. The molecule has 0 N–H and O–H groups in total. The summed E-state index contributed by atoms with van der Waals surface area (Å²) < 4.78 is 1.74. The maximum absolute atomic E-state index is 13.2. The Bertz CT molecular complexity index is 957. The molecule has 7 nitrogen and oxygen atoms in total. The fraction of sp³-hybridized carbons (Fsp3) is 0.368. The summed E-state index contributed by atoms with van der Waals surface area (Å²) in [6.45, 7) is 6.76. The molecule has 0 saturated carbocycles. The number of aryl methyl sites for hydroxylation is 3. The highest BCUT2D eigenvalue weighted by Crippen LogP contribution is 2.24. The van der Waals surface area contributed by atoms with E-state index < -0.39 is 0 Å². The van der Waals surface area contributed by atoms with Crippen LogP contribution in [0, 0.1) is 13.8 Å². The third kappa shape index (κ3) is 2.79. The molecule has 3 aromatic rings. The molecule has 1 aliphatic heterocycles. The molecule has 0 atom stereocenters. The van der Waals surface area contributed by atoms with Crippen LogP contribution in [0.5, 0.6) is 0 Å². The molecule has 0 radical (unpaired) electrons. The molecule has 26 heavy (non-hydrogen) atoms. The highest BCUT2D eigenvalue weighted by molar-refractivity contribution is 6.06. The van der Waals surface area contributed by atoms with E-state index in [-0.39, 0.29) is 5.91 Å². The van der Waals surface area contributed by atoms with E-state index in [0.717, 1.165) is 41.3 Å². The van der Waals surface area contributed by atoms with Gasteiger partial charge in [0.2, 0.25) is 0 Å². The Morgan fingerprint density at radius 1 is 1.12 bits per heavy atom. The van der Waals surface area contributed by atoms with Gasteiger partial charge in [-0.1, -0.05) is 6.07 Å². The molecule has 1 amide bonds. The largest absolute Gasteiger partial charge is 0.353 e. The first-order chi connectivity index (χ1) is 12.5. The van der Waals surface area contributed by atoms with Gasteiger partial charge in [-0.2, -0.15) is 5.10 Å². The number of carbonyl (C=O) groups is 1. The highest BCUT2D eigenvalue weighted by atomic mass is 16.2. The first kappa shape index (κ1) is 16.5. The Balaban J connectivity index is 1.59. The van der Waals surface area contributed by atoms with E-state index in [1.807, 2.05) is 50.1 Å². The van der Waals surface area contributed by atoms with Gasteiger partial charge in [-0.3, -0.25) is 9.48 Å². The van der Waals surface area contributed by atoms with Gasteiger partial charge in [0.15, 0.2) is 5.65 Å². The van der Waals surface area contributed by atoms with Crippen molar-refractivity contribution >= 4 is 22.8 Å². The van der Waals surface area contributed by atoms with Crippen molar-refractivity contribution in [2.24, 2.45) is 7.05 Å². The Morgan fingerprint density at radius 2 is 1.88 bits per heavy atom. The van der Waals surface area contributed by atoms with Crippen molar-refractivity contribution in [1.29, 1.82) is 0 Å². The lowest BCUT2D eigenvalue weighted by Gasteiger charge is -2.35. The van der Waals surface area contributed by atoms with Crippen LogP contribution in [0.15, 0.2) is 30.5 Å². The van der Waals surface area contributed by atoms with E-state index in [9.17, 15) is 4.79 Å². The molecule has 0 aliphatic carbocycles. The van der Waals surface area contributed by atoms with Crippen LogP contribution in [0.2, 0.25) is 0 Å². The Hall–Kier alpha value is -2.96. The van der Waals surface area contributed by atoms with Gasteiger partial charge < -0.3 is 9.80 Å². The first-order valence-electron chi connectivity index (χ1n) is 8.81. The Morgan fingerprint density at radius 3 is 2.58 bits per heavy atom. The molecule has 3 aromatic heterocycles. The van der Waals surface area contributed by atoms with Crippen molar-refractivity contribution in [1.82, 2.24) is 24.6 Å². The number of anilines is 1. The lowest BCUT2D eigenvalue weighted by atomic mass is 10.1. The first-order valence-corrected chi connectivity index (χ1v) is 8.81. The molecule has 1 fully saturated rings. The maximum atomic E-state index is 13.2. The second-order valence-electron chi connectivity index (χ2n) is 6.69. The number of piperazine rings is 1. The zero-order valence-electron chi connectivity index (χ0n) is 15.3. The maximum Gasteiger partial charge on any atom is 0.254 e. The third-order valence-corrected chi connectivity index (χ3v) is 4.87. The Labute approximate surface area is 152 Å². The summed E-state index contributed by atoms with van der Waals surface area (Å²) in [5.41, 5.74) is 3.13. The van der Waals surface area contributed by atoms with Gasteiger partial charge in [-0.15, -0.1) is 0 Å². The number of hydrogen-bond donors (Lipinski definition) is 0. The number of hydrogen-bond acceptors (Lipinski definition) is 5. The molecule has 1 aliphatic rings. The molecule has 0 spiro atoms.